The Morgan fingerprint density at radius 1 is 0.838 bits per heavy atom. The number of unbranched alkanes of at least 4 members (excludes halogenated alkanes) is 19. The zero-order chi connectivity index (χ0) is 49.2. The summed E-state index contributed by atoms with van der Waals surface area (Å²) in [5, 5.41) is 27.8. The maximum Gasteiger partial charge on any atom is 0.412 e. The lowest BCUT2D eigenvalue weighted by molar-refractivity contribution is -0.255. The predicted molar refractivity (Wildman–Crippen MR) is 276 cm³/mol. The van der Waals surface area contributed by atoms with Crippen LogP contribution in [0.25, 0.3) is 0 Å². The fourth-order valence-corrected chi connectivity index (χ4v) is 10.9. The van der Waals surface area contributed by atoms with Gasteiger partial charge in [-0.15, -0.1) is 6.58 Å². The summed E-state index contributed by atoms with van der Waals surface area (Å²) in [6, 6.07) is 5.09. The van der Waals surface area contributed by atoms with Gasteiger partial charge in [-0.05, 0) is 94.9 Å². The fourth-order valence-electron chi connectivity index (χ4n) is 10.9. The summed E-state index contributed by atoms with van der Waals surface area (Å²) in [7, 11) is 1.88. The molecule has 0 spiro atoms. The number of nitrogens with one attached hydrogen (secondary N) is 1. The maximum absolute atomic E-state index is 14.4. The molecule has 0 saturated heterocycles. The van der Waals surface area contributed by atoms with Gasteiger partial charge in [-0.3, -0.25) is 4.79 Å². The minimum atomic E-state index is -1.32. The van der Waals surface area contributed by atoms with Crippen LogP contribution in [0.15, 0.2) is 47.7 Å². The Bertz CT molecular complexity index is 1690. The van der Waals surface area contributed by atoms with Crippen LogP contribution >= 0.6 is 0 Å². The van der Waals surface area contributed by atoms with Crippen molar-refractivity contribution >= 4 is 17.7 Å². The van der Waals surface area contributed by atoms with E-state index in [1.54, 1.807) is 12.1 Å². The van der Waals surface area contributed by atoms with Gasteiger partial charge in [0.1, 0.15) is 23.1 Å². The Morgan fingerprint density at radius 2 is 1.43 bits per heavy atom. The molecule has 6 unspecified atom stereocenters. The van der Waals surface area contributed by atoms with Gasteiger partial charge in [-0.1, -0.05) is 153 Å². The lowest BCUT2D eigenvalue weighted by Crippen LogP contribution is -2.69. The van der Waals surface area contributed by atoms with E-state index < -0.39 is 29.4 Å². The number of allylic oxidation sites excluding steroid dienone is 1. The molecule has 386 valence electrons. The summed E-state index contributed by atoms with van der Waals surface area (Å²) in [6.45, 7) is 15.5. The second-order valence-corrected chi connectivity index (χ2v) is 21.1. The lowest BCUT2D eigenvalue weighted by atomic mass is 9.55. The molecule has 68 heavy (non-hydrogen) atoms. The van der Waals surface area contributed by atoms with E-state index in [0.29, 0.717) is 43.7 Å². The Balaban J connectivity index is 1.70. The summed E-state index contributed by atoms with van der Waals surface area (Å²) < 4.78 is 20.4. The molecule has 1 saturated carbocycles. The quantitative estimate of drug-likeness (QED) is 0.0347. The molecule has 1 aliphatic heterocycles. The second kappa shape index (κ2) is 31.0. The highest BCUT2D eigenvalue weighted by atomic mass is 16.7. The van der Waals surface area contributed by atoms with Crippen LogP contribution in [-0.2, 0) is 14.4 Å². The summed E-state index contributed by atoms with van der Waals surface area (Å²) in [6.07, 6.45) is 31.9. The van der Waals surface area contributed by atoms with E-state index in [4.69, 9.17) is 24.2 Å². The third kappa shape index (κ3) is 17.8. The molecule has 0 radical (unpaired) electrons. The van der Waals surface area contributed by atoms with Crippen LogP contribution in [0.5, 0.6) is 11.5 Å². The van der Waals surface area contributed by atoms with Crippen LogP contribution in [0.2, 0.25) is 0 Å². The first-order valence-electron chi connectivity index (χ1n) is 27.4. The predicted octanol–water partition coefficient (Wildman–Crippen LogP) is 13.5. The van der Waals surface area contributed by atoms with Crippen molar-refractivity contribution in [1.82, 2.24) is 10.2 Å². The number of ether oxygens (including phenoxy) is 3. The first kappa shape index (κ1) is 57.2. The number of carbonyl (C=O) groups is 2. The van der Waals surface area contributed by atoms with Gasteiger partial charge >= 0.3 is 6.09 Å². The Morgan fingerprint density at radius 3 is 2.01 bits per heavy atom. The van der Waals surface area contributed by atoms with Crippen molar-refractivity contribution < 1.29 is 38.9 Å². The van der Waals surface area contributed by atoms with Gasteiger partial charge < -0.3 is 39.5 Å². The maximum atomic E-state index is 14.4. The molecular formula is C57H95N3O8. The van der Waals surface area contributed by atoms with Crippen molar-refractivity contribution in [1.29, 1.82) is 0 Å². The average molecular weight is 950 g/mol. The molecule has 11 heteroatoms. The highest BCUT2D eigenvalue weighted by molar-refractivity contribution is 6.03. The molecular weight excluding hydrogens is 855 g/mol. The Labute approximate surface area is 412 Å². The number of benzene rings is 1. The molecule has 0 bridgehead atoms. The van der Waals surface area contributed by atoms with Crippen LogP contribution in [0, 0.1) is 17.8 Å². The third-order valence-corrected chi connectivity index (χ3v) is 14.4. The van der Waals surface area contributed by atoms with E-state index in [0.717, 1.165) is 74.6 Å². The van der Waals surface area contributed by atoms with E-state index in [9.17, 15) is 19.8 Å². The largest absolute Gasteiger partial charge is 0.459 e. The van der Waals surface area contributed by atoms with Crippen molar-refractivity contribution in [2.45, 2.75) is 231 Å². The number of likely N-dealkylation sites (N-methyl/N-ethyl adjacent to an activating group) is 1. The molecule has 1 heterocycles. The number of aliphatic hydroxyl groups excluding tert-OH is 2. The van der Waals surface area contributed by atoms with E-state index in [1.807, 2.05) is 44.9 Å². The number of amides is 2. The molecule has 11 nitrogen and oxygen atoms in total. The number of oxime groups is 1. The standard InChI is InChI=1S/C57H95N3O8/c1-8-11-13-15-17-19-21-23-25-29-37-58-55(64)66-45-35-36-50-48(42-45)53-46(33-28-31-39-62)44(32-27-30-38-61)41-47-49(59-68-56(4,5)6)43-51(57(67-50,54(47)53)65-40-10-3)60(7)52(63)34-26-24-22-20-18-16-14-12-9-2/h10,35-36,41-42,44,46,51,53-54,61-62H,3,8-9,11-34,37-40,43H2,1-2,4-7H3,(H,58,64). The molecule has 4 rings (SSSR count). The molecule has 2 amide bonds. The van der Waals surface area contributed by atoms with Gasteiger partial charge in [0.25, 0.3) is 0 Å². The Hall–Kier alpha value is -3.41. The molecule has 1 fully saturated rings. The minimum Gasteiger partial charge on any atom is -0.459 e. The fraction of sp³-hybridized carbons (Fsp3) is 0.772. The summed E-state index contributed by atoms with van der Waals surface area (Å²) in [5.41, 5.74) is 2.11. The third-order valence-electron chi connectivity index (χ3n) is 14.4. The average Bonchev–Trinajstić information content (AvgIpc) is 3.32. The SMILES string of the molecule is C=CCOC12Oc3ccc(OC(=O)NCCCCCCCCCCCC)cc3C3C(CCCCO)C(CCCCO)C=C(C(=NOC(C)(C)C)CC1N(C)C(=O)CCCCCCCCCCC)C32. The van der Waals surface area contributed by atoms with Crippen LogP contribution in [0.3, 0.4) is 0 Å². The zero-order valence-corrected chi connectivity index (χ0v) is 43.6. The molecule has 3 aliphatic rings. The van der Waals surface area contributed by atoms with Crippen LogP contribution in [0.4, 0.5) is 4.79 Å². The lowest BCUT2D eigenvalue weighted by Gasteiger charge is -2.59. The van der Waals surface area contributed by atoms with Crippen molar-refractivity contribution in [3.63, 3.8) is 0 Å². The molecule has 1 aromatic carbocycles. The first-order chi connectivity index (χ1) is 32.9. The van der Waals surface area contributed by atoms with E-state index in [2.05, 4.69) is 31.8 Å². The number of rotatable bonds is 35. The van der Waals surface area contributed by atoms with Crippen molar-refractivity contribution in [2.75, 3.05) is 33.4 Å². The van der Waals surface area contributed by atoms with E-state index >= 15 is 0 Å². The summed E-state index contributed by atoms with van der Waals surface area (Å²) >= 11 is 0. The normalized spacial score (nSPS) is 22.4. The summed E-state index contributed by atoms with van der Waals surface area (Å²) in [5.74, 6) is -0.686. The highest BCUT2D eigenvalue weighted by Crippen LogP contribution is 2.62. The van der Waals surface area contributed by atoms with Gasteiger partial charge in [0.15, 0.2) is 0 Å². The van der Waals surface area contributed by atoms with Gasteiger partial charge in [0.2, 0.25) is 11.7 Å². The van der Waals surface area contributed by atoms with E-state index in [-0.39, 0.29) is 43.5 Å². The minimum absolute atomic E-state index is 0.0405. The van der Waals surface area contributed by atoms with Crippen LogP contribution in [0.1, 0.15) is 219 Å². The van der Waals surface area contributed by atoms with Crippen molar-refractivity contribution in [3.8, 4) is 11.5 Å². The van der Waals surface area contributed by atoms with Gasteiger partial charge in [-0.25, -0.2) is 4.79 Å². The number of nitrogens with zero attached hydrogens (tertiary/aromatic N) is 2. The summed E-state index contributed by atoms with van der Waals surface area (Å²) in [4.78, 5) is 35.9. The van der Waals surface area contributed by atoms with Gasteiger partial charge in [0, 0.05) is 51.1 Å². The van der Waals surface area contributed by atoms with Crippen LogP contribution in [-0.4, -0.2) is 83.7 Å². The van der Waals surface area contributed by atoms with Gasteiger partial charge in [0.05, 0.1) is 18.2 Å². The van der Waals surface area contributed by atoms with Gasteiger partial charge in [-0.2, -0.15) is 0 Å². The number of carbonyl (C=O) groups excluding carboxylic acids is 2. The number of hydrogen-bond donors (Lipinski definition) is 3. The first-order valence-corrected chi connectivity index (χ1v) is 27.4. The molecule has 1 aromatic rings. The molecule has 2 aliphatic carbocycles. The molecule has 6 atom stereocenters. The highest BCUT2D eigenvalue weighted by Gasteiger charge is 2.65. The van der Waals surface area contributed by atoms with Crippen LogP contribution < -0.4 is 14.8 Å². The monoisotopic (exact) mass is 950 g/mol. The topological polar surface area (TPSA) is 139 Å². The van der Waals surface area contributed by atoms with Crippen molar-refractivity contribution in [2.24, 2.45) is 22.9 Å². The smallest absolute Gasteiger partial charge is 0.412 e. The van der Waals surface area contributed by atoms with E-state index in [1.165, 1.54) is 89.9 Å². The number of hydrogen-bond acceptors (Lipinski definition) is 9. The second-order valence-electron chi connectivity index (χ2n) is 21.1. The molecule has 0 aromatic heterocycles. The number of aliphatic hydroxyl groups is 2. The number of fused-ring (bicyclic) bond motifs is 2. The zero-order valence-electron chi connectivity index (χ0n) is 43.6. The Kier molecular flexibility index (Phi) is 26.1. The molecule has 3 N–H and O–H groups in total. The van der Waals surface area contributed by atoms with Crippen molar-refractivity contribution in [3.05, 3.63) is 48.1 Å².